The van der Waals surface area contributed by atoms with E-state index in [1.807, 2.05) is 6.92 Å². The number of hydrogen-bond donors (Lipinski definition) is 1. The Labute approximate surface area is 126 Å². The lowest BCUT2D eigenvalue weighted by Crippen LogP contribution is -2.12. The van der Waals surface area contributed by atoms with Gasteiger partial charge in [0, 0.05) is 23.6 Å². The number of aryl methyl sites for hydroxylation is 1. The van der Waals surface area contributed by atoms with Crippen molar-refractivity contribution in [3.63, 3.8) is 0 Å². The van der Waals surface area contributed by atoms with E-state index in [0.29, 0.717) is 36.0 Å². The summed E-state index contributed by atoms with van der Waals surface area (Å²) in [5.74, 6) is 0.485. The molecule has 1 amide bonds. The van der Waals surface area contributed by atoms with Crippen molar-refractivity contribution in [1.29, 1.82) is 0 Å². The summed E-state index contributed by atoms with van der Waals surface area (Å²) >= 11 is 1.44. The third-order valence-corrected chi connectivity index (χ3v) is 3.44. The molecule has 0 aliphatic heterocycles. The normalized spacial score (nSPS) is 10.1. The SMILES string of the molecule is Cc1cnc(NC(=O)CCCOc2cccc(N=O)c2)s1. The number of nitroso groups, excluding NO2 is 1. The fourth-order valence-corrected chi connectivity index (χ4v) is 2.33. The molecule has 0 aliphatic rings. The molecular weight excluding hydrogens is 290 g/mol. The van der Waals surface area contributed by atoms with Crippen LogP contribution in [-0.2, 0) is 4.79 Å². The van der Waals surface area contributed by atoms with Crippen LogP contribution in [0.3, 0.4) is 0 Å². The molecule has 6 nitrogen and oxygen atoms in total. The summed E-state index contributed by atoms with van der Waals surface area (Å²) in [4.78, 5) is 27.2. The quantitative estimate of drug-likeness (QED) is 0.625. The Bertz CT molecular complexity index is 627. The highest BCUT2D eigenvalue weighted by Gasteiger charge is 2.05. The molecule has 7 heteroatoms. The van der Waals surface area contributed by atoms with Crippen LogP contribution in [0.25, 0.3) is 0 Å². The van der Waals surface area contributed by atoms with E-state index < -0.39 is 0 Å². The third-order valence-electron chi connectivity index (χ3n) is 2.61. The van der Waals surface area contributed by atoms with Crippen molar-refractivity contribution in [2.75, 3.05) is 11.9 Å². The van der Waals surface area contributed by atoms with E-state index in [2.05, 4.69) is 15.5 Å². The number of hydrogen-bond acceptors (Lipinski definition) is 6. The van der Waals surface area contributed by atoms with Crippen LogP contribution in [-0.4, -0.2) is 17.5 Å². The van der Waals surface area contributed by atoms with E-state index in [1.54, 1.807) is 30.5 Å². The van der Waals surface area contributed by atoms with E-state index in [0.717, 1.165) is 4.88 Å². The summed E-state index contributed by atoms with van der Waals surface area (Å²) in [6, 6.07) is 6.60. The summed E-state index contributed by atoms with van der Waals surface area (Å²) in [5, 5.41) is 6.19. The average molecular weight is 305 g/mol. The van der Waals surface area contributed by atoms with Gasteiger partial charge in [-0.3, -0.25) is 4.79 Å². The van der Waals surface area contributed by atoms with Gasteiger partial charge in [-0.15, -0.1) is 16.2 Å². The zero-order chi connectivity index (χ0) is 15.1. The molecule has 0 unspecified atom stereocenters. The van der Waals surface area contributed by atoms with Crippen molar-refractivity contribution < 1.29 is 9.53 Å². The summed E-state index contributed by atoms with van der Waals surface area (Å²) in [7, 11) is 0. The lowest BCUT2D eigenvalue weighted by molar-refractivity contribution is -0.116. The minimum atomic E-state index is -0.0868. The summed E-state index contributed by atoms with van der Waals surface area (Å²) in [6.07, 6.45) is 2.65. The van der Waals surface area contributed by atoms with Crippen LogP contribution in [0.2, 0.25) is 0 Å². The number of nitrogens with one attached hydrogen (secondary N) is 1. The van der Waals surface area contributed by atoms with E-state index in [9.17, 15) is 9.70 Å². The van der Waals surface area contributed by atoms with Crippen LogP contribution in [0.1, 0.15) is 17.7 Å². The summed E-state index contributed by atoms with van der Waals surface area (Å²) in [6.45, 7) is 2.33. The molecule has 0 fully saturated rings. The smallest absolute Gasteiger partial charge is 0.226 e. The number of thiazole rings is 1. The molecule has 0 atom stereocenters. The minimum absolute atomic E-state index is 0.0868. The Hall–Kier alpha value is -2.28. The van der Waals surface area contributed by atoms with Crippen LogP contribution < -0.4 is 10.1 Å². The van der Waals surface area contributed by atoms with Crippen molar-refractivity contribution in [2.24, 2.45) is 5.18 Å². The van der Waals surface area contributed by atoms with Gasteiger partial charge in [-0.25, -0.2) is 4.98 Å². The molecule has 0 spiro atoms. The van der Waals surface area contributed by atoms with E-state index in [4.69, 9.17) is 4.74 Å². The summed E-state index contributed by atoms with van der Waals surface area (Å²) in [5.41, 5.74) is 0.324. The first-order valence-electron chi connectivity index (χ1n) is 6.46. The van der Waals surface area contributed by atoms with Crippen LogP contribution >= 0.6 is 11.3 Å². The minimum Gasteiger partial charge on any atom is -0.494 e. The van der Waals surface area contributed by atoms with Gasteiger partial charge in [0.15, 0.2) is 5.13 Å². The summed E-state index contributed by atoms with van der Waals surface area (Å²) < 4.78 is 5.46. The standard InChI is InChI=1S/C14H15N3O3S/c1-10-9-15-14(21-10)16-13(18)6-3-7-20-12-5-2-4-11(8-12)17-19/h2,4-5,8-9H,3,6-7H2,1H3,(H,15,16,18). The first-order chi connectivity index (χ1) is 10.2. The highest BCUT2D eigenvalue weighted by molar-refractivity contribution is 7.15. The number of nitrogens with zero attached hydrogens (tertiary/aromatic N) is 2. The predicted molar refractivity (Wildman–Crippen MR) is 82.1 cm³/mol. The maximum absolute atomic E-state index is 11.7. The Kier molecular flexibility index (Phi) is 5.39. The van der Waals surface area contributed by atoms with E-state index in [1.165, 1.54) is 11.3 Å². The van der Waals surface area contributed by atoms with E-state index >= 15 is 0 Å². The zero-order valence-electron chi connectivity index (χ0n) is 11.5. The van der Waals surface area contributed by atoms with Crippen molar-refractivity contribution in [3.8, 4) is 5.75 Å². The van der Waals surface area contributed by atoms with Gasteiger partial charge in [-0.05, 0) is 30.7 Å². The van der Waals surface area contributed by atoms with E-state index in [-0.39, 0.29) is 5.91 Å². The highest BCUT2D eigenvalue weighted by Crippen LogP contribution is 2.20. The van der Waals surface area contributed by atoms with Gasteiger partial charge in [0.2, 0.25) is 5.91 Å². The molecule has 1 aromatic carbocycles. The number of rotatable bonds is 7. The van der Waals surface area contributed by atoms with Crippen LogP contribution in [0.5, 0.6) is 5.75 Å². The van der Waals surface area contributed by atoms with Crippen LogP contribution in [0.4, 0.5) is 10.8 Å². The third kappa shape index (κ3) is 4.96. The van der Waals surface area contributed by atoms with Gasteiger partial charge in [-0.2, -0.15) is 0 Å². The molecule has 1 N–H and O–H groups in total. The monoisotopic (exact) mass is 305 g/mol. The second-order valence-electron chi connectivity index (χ2n) is 4.36. The number of carbonyl (C=O) groups excluding carboxylic acids is 1. The number of anilines is 1. The largest absolute Gasteiger partial charge is 0.494 e. The molecule has 1 aromatic heterocycles. The molecule has 2 rings (SSSR count). The molecule has 1 heterocycles. The van der Waals surface area contributed by atoms with Gasteiger partial charge < -0.3 is 10.1 Å². The zero-order valence-corrected chi connectivity index (χ0v) is 12.4. The number of aromatic nitrogens is 1. The first-order valence-corrected chi connectivity index (χ1v) is 7.27. The second-order valence-corrected chi connectivity index (χ2v) is 5.60. The maximum Gasteiger partial charge on any atom is 0.226 e. The molecule has 0 saturated heterocycles. The topological polar surface area (TPSA) is 80.7 Å². The number of benzene rings is 1. The molecule has 2 aromatic rings. The van der Waals surface area contributed by atoms with Gasteiger partial charge >= 0.3 is 0 Å². The van der Waals surface area contributed by atoms with Crippen molar-refractivity contribution in [1.82, 2.24) is 4.98 Å². The van der Waals surface area contributed by atoms with Crippen LogP contribution in [0, 0.1) is 11.8 Å². The molecule has 0 bridgehead atoms. The Morgan fingerprint density at radius 2 is 2.33 bits per heavy atom. The molecule has 0 saturated carbocycles. The Balaban J connectivity index is 1.69. The lowest BCUT2D eigenvalue weighted by atomic mass is 10.3. The van der Waals surface area contributed by atoms with Gasteiger partial charge in [0.05, 0.1) is 6.61 Å². The van der Waals surface area contributed by atoms with Crippen molar-refractivity contribution in [3.05, 3.63) is 40.2 Å². The molecular formula is C14H15N3O3S. The second kappa shape index (κ2) is 7.49. The lowest BCUT2D eigenvalue weighted by Gasteiger charge is -2.06. The van der Waals surface area contributed by atoms with Crippen molar-refractivity contribution >= 4 is 28.1 Å². The highest BCUT2D eigenvalue weighted by atomic mass is 32.1. The molecule has 0 radical (unpaired) electrons. The molecule has 21 heavy (non-hydrogen) atoms. The fourth-order valence-electron chi connectivity index (χ4n) is 1.65. The Morgan fingerprint density at radius 3 is 3.05 bits per heavy atom. The van der Waals surface area contributed by atoms with Gasteiger partial charge in [-0.1, -0.05) is 6.07 Å². The Morgan fingerprint density at radius 1 is 1.48 bits per heavy atom. The number of amides is 1. The fraction of sp³-hybridized carbons (Fsp3) is 0.286. The number of ether oxygens (including phenoxy) is 1. The maximum atomic E-state index is 11.7. The molecule has 110 valence electrons. The average Bonchev–Trinajstić information content (AvgIpc) is 2.89. The van der Waals surface area contributed by atoms with Gasteiger partial charge in [0.25, 0.3) is 0 Å². The van der Waals surface area contributed by atoms with Crippen molar-refractivity contribution in [2.45, 2.75) is 19.8 Å². The first kappa shape index (κ1) is 15.1. The predicted octanol–water partition coefficient (Wildman–Crippen LogP) is 3.65. The number of carbonyl (C=O) groups is 1. The molecule has 0 aliphatic carbocycles. The van der Waals surface area contributed by atoms with Gasteiger partial charge in [0.1, 0.15) is 11.4 Å². The van der Waals surface area contributed by atoms with Crippen LogP contribution in [0.15, 0.2) is 35.6 Å².